The standard InChI is InChI=1S/C7H11BN2O4/c1-5(2)13-7-9-3-6(4-10-7)14-8(11)12/h3-5,11-12H,1-2H3. The molecule has 0 atom stereocenters. The summed E-state index contributed by atoms with van der Waals surface area (Å²) >= 11 is 0. The molecule has 0 aliphatic rings. The second-order valence-electron chi connectivity index (χ2n) is 2.81. The van der Waals surface area contributed by atoms with Crippen molar-refractivity contribution in [3.63, 3.8) is 0 Å². The zero-order valence-corrected chi connectivity index (χ0v) is 7.91. The highest BCUT2D eigenvalue weighted by Crippen LogP contribution is 2.10. The van der Waals surface area contributed by atoms with E-state index in [9.17, 15) is 0 Å². The normalized spacial score (nSPS) is 10.1. The van der Waals surface area contributed by atoms with E-state index in [1.165, 1.54) is 12.4 Å². The molecule has 1 aromatic rings. The molecule has 0 amide bonds. The van der Waals surface area contributed by atoms with Crippen LogP contribution >= 0.6 is 0 Å². The van der Waals surface area contributed by atoms with Crippen molar-refractivity contribution in [3.8, 4) is 11.8 Å². The molecule has 1 heterocycles. The number of nitrogens with zero attached hydrogens (tertiary/aromatic N) is 2. The highest BCUT2D eigenvalue weighted by molar-refractivity contribution is 6.33. The maximum atomic E-state index is 8.47. The van der Waals surface area contributed by atoms with Crippen molar-refractivity contribution in [2.75, 3.05) is 0 Å². The molecule has 0 spiro atoms. The third-order valence-electron chi connectivity index (χ3n) is 1.19. The molecule has 1 aromatic heterocycles. The lowest BCUT2D eigenvalue weighted by molar-refractivity contribution is 0.220. The molecule has 0 unspecified atom stereocenters. The number of ether oxygens (including phenoxy) is 1. The second kappa shape index (κ2) is 4.78. The first-order valence-corrected chi connectivity index (χ1v) is 4.09. The van der Waals surface area contributed by atoms with E-state index in [0.29, 0.717) is 0 Å². The van der Waals surface area contributed by atoms with Gasteiger partial charge in [-0.25, -0.2) is 0 Å². The van der Waals surface area contributed by atoms with Gasteiger partial charge >= 0.3 is 13.3 Å². The summed E-state index contributed by atoms with van der Waals surface area (Å²) in [6, 6.07) is 0.222. The zero-order chi connectivity index (χ0) is 10.6. The zero-order valence-electron chi connectivity index (χ0n) is 7.91. The Hall–Kier alpha value is -1.34. The first kappa shape index (κ1) is 10.7. The van der Waals surface area contributed by atoms with E-state index in [0.717, 1.165) is 0 Å². The van der Waals surface area contributed by atoms with E-state index < -0.39 is 7.32 Å². The van der Waals surface area contributed by atoms with Crippen LogP contribution < -0.4 is 9.39 Å². The van der Waals surface area contributed by atoms with E-state index in [2.05, 4.69) is 14.6 Å². The van der Waals surface area contributed by atoms with Crippen molar-refractivity contribution >= 4 is 7.32 Å². The molecule has 0 aliphatic carbocycles. The van der Waals surface area contributed by atoms with Crippen LogP contribution in [0.4, 0.5) is 0 Å². The summed E-state index contributed by atoms with van der Waals surface area (Å²) in [5.41, 5.74) is 0. The highest BCUT2D eigenvalue weighted by atomic mass is 16.6. The van der Waals surface area contributed by atoms with Crippen LogP contribution in [0.5, 0.6) is 11.8 Å². The highest BCUT2D eigenvalue weighted by Gasteiger charge is 2.11. The van der Waals surface area contributed by atoms with Gasteiger partial charge in [-0.05, 0) is 13.8 Å². The minimum Gasteiger partial charge on any atom is -0.509 e. The molecule has 0 radical (unpaired) electrons. The van der Waals surface area contributed by atoms with Crippen LogP contribution in [0.1, 0.15) is 13.8 Å². The summed E-state index contributed by atoms with van der Waals surface area (Å²) < 4.78 is 9.68. The van der Waals surface area contributed by atoms with E-state index >= 15 is 0 Å². The quantitative estimate of drug-likeness (QED) is 0.641. The number of hydrogen-bond acceptors (Lipinski definition) is 6. The van der Waals surface area contributed by atoms with Gasteiger partial charge in [-0.15, -0.1) is 0 Å². The number of hydrogen-bond donors (Lipinski definition) is 2. The van der Waals surface area contributed by atoms with Crippen molar-refractivity contribution in [2.24, 2.45) is 0 Å². The Morgan fingerprint density at radius 3 is 2.29 bits per heavy atom. The Balaban J connectivity index is 2.59. The average Bonchev–Trinajstić information content (AvgIpc) is 2.06. The van der Waals surface area contributed by atoms with Gasteiger partial charge in [0.1, 0.15) is 5.75 Å². The monoisotopic (exact) mass is 198 g/mol. The minimum atomic E-state index is -1.87. The molecular formula is C7H11BN2O4. The first-order valence-electron chi connectivity index (χ1n) is 4.09. The van der Waals surface area contributed by atoms with Gasteiger partial charge in [0.25, 0.3) is 0 Å². The molecule has 1 rings (SSSR count). The lowest BCUT2D eigenvalue weighted by atomic mass is 10.2. The van der Waals surface area contributed by atoms with Gasteiger partial charge in [-0.3, -0.25) is 0 Å². The van der Waals surface area contributed by atoms with E-state index in [4.69, 9.17) is 14.8 Å². The molecule has 0 aromatic carbocycles. The molecule has 2 N–H and O–H groups in total. The predicted molar refractivity (Wildman–Crippen MR) is 48.6 cm³/mol. The predicted octanol–water partition coefficient (Wildman–Crippen LogP) is -0.388. The lowest BCUT2D eigenvalue weighted by Crippen LogP contribution is -2.20. The maximum Gasteiger partial charge on any atom is 0.707 e. The Morgan fingerprint density at radius 1 is 1.29 bits per heavy atom. The fourth-order valence-electron chi connectivity index (χ4n) is 0.759. The molecule has 76 valence electrons. The first-order chi connectivity index (χ1) is 6.58. The molecule has 0 saturated carbocycles. The Kier molecular flexibility index (Phi) is 3.67. The van der Waals surface area contributed by atoms with Gasteiger partial charge in [0.05, 0.1) is 18.5 Å². The van der Waals surface area contributed by atoms with Crippen LogP contribution in [0.2, 0.25) is 0 Å². The van der Waals surface area contributed by atoms with Crippen LogP contribution in [0.25, 0.3) is 0 Å². The minimum absolute atomic E-state index is 0.00907. The van der Waals surface area contributed by atoms with E-state index in [1.807, 2.05) is 13.8 Å². The van der Waals surface area contributed by atoms with E-state index in [-0.39, 0.29) is 17.9 Å². The molecule has 0 saturated heterocycles. The van der Waals surface area contributed by atoms with Crippen molar-refractivity contribution in [1.29, 1.82) is 0 Å². The Labute approximate surface area is 81.7 Å². The molecule has 7 heteroatoms. The van der Waals surface area contributed by atoms with Crippen LogP contribution in [0.15, 0.2) is 12.4 Å². The SMILES string of the molecule is CC(C)Oc1ncc(OB(O)O)cn1. The summed E-state index contributed by atoms with van der Waals surface area (Å²) in [7, 11) is -1.87. The summed E-state index contributed by atoms with van der Waals surface area (Å²) in [5, 5.41) is 16.9. The maximum absolute atomic E-state index is 8.47. The van der Waals surface area contributed by atoms with Gasteiger partial charge in [-0.1, -0.05) is 0 Å². The summed E-state index contributed by atoms with van der Waals surface area (Å²) in [6.07, 6.45) is 2.58. The van der Waals surface area contributed by atoms with Crippen molar-refractivity contribution in [2.45, 2.75) is 20.0 Å². The fraction of sp³-hybridized carbons (Fsp3) is 0.429. The second-order valence-corrected chi connectivity index (χ2v) is 2.81. The third-order valence-corrected chi connectivity index (χ3v) is 1.19. The van der Waals surface area contributed by atoms with Gasteiger partial charge in [-0.2, -0.15) is 9.97 Å². The molecule has 0 aliphatic heterocycles. The summed E-state index contributed by atoms with van der Waals surface area (Å²) in [5.74, 6) is 0.163. The lowest BCUT2D eigenvalue weighted by Gasteiger charge is -2.07. The molecular weight excluding hydrogens is 187 g/mol. The Morgan fingerprint density at radius 2 is 1.86 bits per heavy atom. The molecule has 14 heavy (non-hydrogen) atoms. The van der Waals surface area contributed by atoms with Crippen LogP contribution in [-0.2, 0) is 0 Å². The van der Waals surface area contributed by atoms with Crippen molar-refractivity contribution in [1.82, 2.24) is 9.97 Å². The van der Waals surface area contributed by atoms with E-state index in [1.54, 1.807) is 0 Å². The van der Waals surface area contributed by atoms with Crippen LogP contribution in [-0.4, -0.2) is 33.4 Å². The van der Waals surface area contributed by atoms with Crippen LogP contribution in [0, 0.1) is 0 Å². The largest absolute Gasteiger partial charge is 0.707 e. The number of rotatable bonds is 4. The van der Waals surface area contributed by atoms with Crippen molar-refractivity contribution in [3.05, 3.63) is 12.4 Å². The van der Waals surface area contributed by atoms with Gasteiger partial charge < -0.3 is 19.4 Å². The molecule has 0 fully saturated rings. The van der Waals surface area contributed by atoms with Gasteiger partial charge in [0.2, 0.25) is 0 Å². The fourth-order valence-corrected chi connectivity index (χ4v) is 0.759. The topological polar surface area (TPSA) is 84.7 Å². The smallest absolute Gasteiger partial charge is 0.509 e. The van der Waals surface area contributed by atoms with Gasteiger partial charge in [0.15, 0.2) is 0 Å². The summed E-state index contributed by atoms with van der Waals surface area (Å²) in [4.78, 5) is 7.58. The third kappa shape index (κ3) is 3.59. The molecule has 6 nitrogen and oxygen atoms in total. The summed E-state index contributed by atoms with van der Waals surface area (Å²) in [6.45, 7) is 3.70. The van der Waals surface area contributed by atoms with Gasteiger partial charge in [0, 0.05) is 0 Å². The van der Waals surface area contributed by atoms with Crippen molar-refractivity contribution < 1.29 is 19.4 Å². The molecule has 0 bridgehead atoms. The Bertz CT molecular complexity index is 249. The van der Waals surface area contributed by atoms with Crippen LogP contribution in [0.3, 0.4) is 0 Å². The average molecular weight is 198 g/mol. The number of aromatic nitrogens is 2.